The molecule has 0 radical (unpaired) electrons. The summed E-state index contributed by atoms with van der Waals surface area (Å²) in [7, 11) is 0. The van der Waals surface area contributed by atoms with Crippen molar-refractivity contribution in [1.29, 1.82) is 0 Å². The SMILES string of the molecule is CCCCCCCCCCCCC(C)OC(=O)[C@@H](N)CC(=O)O. The maximum absolute atomic E-state index is 11.6. The van der Waals surface area contributed by atoms with Gasteiger partial charge in [-0.3, -0.25) is 9.59 Å². The number of rotatable bonds is 15. The zero-order valence-corrected chi connectivity index (χ0v) is 14.9. The summed E-state index contributed by atoms with van der Waals surface area (Å²) in [6.45, 7) is 4.07. The highest BCUT2D eigenvalue weighted by molar-refractivity contribution is 5.81. The van der Waals surface area contributed by atoms with Crippen LogP contribution in [0.2, 0.25) is 0 Å². The van der Waals surface area contributed by atoms with Crippen LogP contribution < -0.4 is 5.73 Å². The molecule has 0 amide bonds. The summed E-state index contributed by atoms with van der Waals surface area (Å²) in [5, 5.41) is 8.58. The lowest BCUT2D eigenvalue weighted by Crippen LogP contribution is -2.36. The van der Waals surface area contributed by atoms with Crippen molar-refractivity contribution in [2.75, 3.05) is 0 Å². The van der Waals surface area contributed by atoms with Gasteiger partial charge >= 0.3 is 11.9 Å². The first kappa shape index (κ1) is 21.9. The van der Waals surface area contributed by atoms with Crippen LogP contribution in [0.3, 0.4) is 0 Å². The molecule has 23 heavy (non-hydrogen) atoms. The molecule has 0 aromatic heterocycles. The van der Waals surface area contributed by atoms with E-state index < -0.39 is 18.0 Å². The summed E-state index contributed by atoms with van der Waals surface area (Å²) in [5.74, 6) is -1.70. The van der Waals surface area contributed by atoms with Crippen molar-refractivity contribution in [2.45, 2.75) is 103 Å². The second-order valence-electron chi connectivity index (χ2n) is 6.42. The molecular formula is C18H35NO4. The number of carbonyl (C=O) groups is 2. The van der Waals surface area contributed by atoms with Crippen LogP contribution in [0.15, 0.2) is 0 Å². The molecule has 5 heteroatoms. The van der Waals surface area contributed by atoms with Gasteiger partial charge in [0, 0.05) is 0 Å². The molecule has 0 aliphatic rings. The first-order valence-corrected chi connectivity index (χ1v) is 9.15. The average Bonchev–Trinajstić information content (AvgIpc) is 2.48. The Morgan fingerprint density at radius 1 is 0.957 bits per heavy atom. The molecule has 0 heterocycles. The molecule has 0 aromatic carbocycles. The van der Waals surface area contributed by atoms with Gasteiger partial charge < -0.3 is 15.6 Å². The maximum atomic E-state index is 11.6. The predicted molar refractivity (Wildman–Crippen MR) is 92.2 cm³/mol. The van der Waals surface area contributed by atoms with E-state index >= 15 is 0 Å². The van der Waals surface area contributed by atoms with E-state index in [4.69, 9.17) is 15.6 Å². The smallest absolute Gasteiger partial charge is 0.323 e. The topological polar surface area (TPSA) is 89.6 Å². The normalized spacial score (nSPS) is 13.5. The number of carbonyl (C=O) groups excluding carboxylic acids is 1. The number of nitrogens with two attached hydrogens (primary N) is 1. The summed E-state index contributed by atoms with van der Waals surface area (Å²) >= 11 is 0. The van der Waals surface area contributed by atoms with Gasteiger partial charge in [0.05, 0.1) is 12.5 Å². The minimum absolute atomic E-state index is 0.198. The van der Waals surface area contributed by atoms with E-state index in [-0.39, 0.29) is 12.5 Å². The van der Waals surface area contributed by atoms with Crippen LogP contribution in [0.25, 0.3) is 0 Å². The molecular weight excluding hydrogens is 294 g/mol. The Labute approximate surface area is 141 Å². The second-order valence-corrected chi connectivity index (χ2v) is 6.42. The van der Waals surface area contributed by atoms with Crippen molar-refractivity contribution < 1.29 is 19.4 Å². The zero-order valence-electron chi connectivity index (χ0n) is 14.9. The molecule has 5 nitrogen and oxygen atoms in total. The van der Waals surface area contributed by atoms with Crippen LogP contribution in [0.5, 0.6) is 0 Å². The highest BCUT2D eigenvalue weighted by Crippen LogP contribution is 2.13. The number of unbranched alkanes of at least 4 members (excludes halogenated alkanes) is 9. The van der Waals surface area contributed by atoms with E-state index in [1.54, 1.807) is 0 Å². The highest BCUT2D eigenvalue weighted by atomic mass is 16.5. The predicted octanol–water partition coefficient (Wildman–Crippen LogP) is 4.03. The molecule has 0 saturated heterocycles. The zero-order chi connectivity index (χ0) is 17.5. The number of hydrogen-bond donors (Lipinski definition) is 2. The number of ether oxygens (including phenoxy) is 1. The monoisotopic (exact) mass is 329 g/mol. The van der Waals surface area contributed by atoms with Crippen LogP contribution >= 0.6 is 0 Å². The van der Waals surface area contributed by atoms with Gasteiger partial charge in [0.2, 0.25) is 0 Å². The maximum Gasteiger partial charge on any atom is 0.323 e. The Morgan fingerprint density at radius 3 is 1.91 bits per heavy atom. The summed E-state index contributed by atoms with van der Waals surface area (Å²) in [6.07, 6.45) is 12.9. The van der Waals surface area contributed by atoms with E-state index in [1.165, 1.54) is 51.4 Å². The Morgan fingerprint density at radius 2 is 1.43 bits per heavy atom. The van der Waals surface area contributed by atoms with Gasteiger partial charge in [-0.15, -0.1) is 0 Å². The molecule has 0 aromatic rings. The minimum atomic E-state index is -1.09. The Hall–Kier alpha value is -1.10. The number of carboxylic acids is 1. The molecule has 2 atom stereocenters. The third kappa shape index (κ3) is 14.2. The molecule has 0 aliphatic heterocycles. The van der Waals surface area contributed by atoms with Gasteiger partial charge in [0.1, 0.15) is 6.04 Å². The van der Waals surface area contributed by atoms with Crippen LogP contribution in [0.1, 0.15) is 90.9 Å². The molecule has 3 N–H and O–H groups in total. The van der Waals surface area contributed by atoms with Crippen LogP contribution in [-0.4, -0.2) is 29.2 Å². The Bertz CT molecular complexity index is 320. The number of esters is 1. The molecule has 0 fully saturated rings. The molecule has 0 bridgehead atoms. The lowest BCUT2D eigenvalue weighted by Gasteiger charge is -2.15. The lowest BCUT2D eigenvalue weighted by molar-refractivity contribution is -0.153. The quantitative estimate of drug-likeness (QED) is 0.350. The van der Waals surface area contributed by atoms with Crippen molar-refractivity contribution in [2.24, 2.45) is 5.73 Å². The molecule has 0 saturated carbocycles. The van der Waals surface area contributed by atoms with Crippen molar-refractivity contribution in [3.63, 3.8) is 0 Å². The van der Waals surface area contributed by atoms with Crippen molar-refractivity contribution in [1.82, 2.24) is 0 Å². The van der Waals surface area contributed by atoms with Gasteiger partial charge in [0.25, 0.3) is 0 Å². The first-order valence-electron chi connectivity index (χ1n) is 9.15. The van der Waals surface area contributed by atoms with E-state index in [0.717, 1.165) is 19.3 Å². The van der Waals surface area contributed by atoms with Crippen LogP contribution in [-0.2, 0) is 14.3 Å². The van der Waals surface area contributed by atoms with Gasteiger partial charge in [-0.1, -0.05) is 64.7 Å². The molecule has 136 valence electrons. The summed E-state index contributed by atoms with van der Waals surface area (Å²) in [4.78, 5) is 22.0. The number of hydrogen-bond acceptors (Lipinski definition) is 4. The molecule has 0 rings (SSSR count). The average molecular weight is 329 g/mol. The Kier molecular flexibility index (Phi) is 13.8. The van der Waals surface area contributed by atoms with E-state index in [9.17, 15) is 9.59 Å². The standard InChI is InChI=1S/C18H35NO4/c1-3-4-5-6-7-8-9-10-11-12-13-15(2)23-18(22)16(19)14-17(20)21/h15-16H,3-14,19H2,1-2H3,(H,20,21)/t15?,16-/m0/s1. The molecule has 0 aliphatic carbocycles. The number of aliphatic carboxylic acids is 1. The fraction of sp³-hybridized carbons (Fsp3) is 0.889. The lowest BCUT2D eigenvalue weighted by atomic mass is 10.0. The fourth-order valence-electron chi connectivity index (χ4n) is 2.54. The van der Waals surface area contributed by atoms with Crippen molar-refractivity contribution in [3.05, 3.63) is 0 Å². The largest absolute Gasteiger partial charge is 0.481 e. The van der Waals surface area contributed by atoms with Crippen molar-refractivity contribution in [3.8, 4) is 0 Å². The number of carboxylic acid groups (broad SMARTS) is 1. The van der Waals surface area contributed by atoms with Crippen LogP contribution in [0, 0.1) is 0 Å². The van der Waals surface area contributed by atoms with Gasteiger partial charge in [-0.05, 0) is 19.8 Å². The van der Waals surface area contributed by atoms with Crippen molar-refractivity contribution >= 4 is 11.9 Å². The summed E-state index contributed by atoms with van der Waals surface area (Å²) < 4.78 is 5.17. The molecule has 1 unspecified atom stereocenters. The first-order chi connectivity index (χ1) is 11.0. The Balaban J connectivity index is 3.47. The van der Waals surface area contributed by atoms with Gasteiger partial charge in [-0.25, -0.2) is 0 Å². The minimum Gasteiger partial charge on any atom is -0.481 e. The van der Waals surface area contributed by atoms with Crippen LogP contribution in [0.4, 0.5) is 0 Å². The fourth-order valence-corrected chi connectivity index (χ4v) is 2.54. The highest BCUT2D eigenvalue weighted by Gasteiger charge is 2.20. The third-order valence-electron chi connectivity index (χ3n) is 3.98. The summed E-state index contributed by atoms with van der Waals surface area (Å²) in [5.41, 5.74) is 5.46. The van der Waals surface area contributed by atoms with E-state index in [0.29, 0.717) is 0 Å². The third-order valence-corrected chi connectivity index (χ3v) is 3.98. The van der Waals surface area contributed by atoms with E-state index in [1.807, 2.05) is 6.92 Å². The van der Waals surface area contributed by atoms with Gasteiger partial charge in [0.15, 0.2) is 0 Å². The molecule has 0 spiro atoms. The van der Waals surface area contributed by atoms with Gasteiger partial charge in [-0.2, -0.15) is 0 Å². The second kappa shape index (κ2) is 14.5. The van der Waals surface area contributed by atoms with E-state index in [2.05, 4.69) is 6.92 Å². The summed E-state index contributed by atoms with van der Waals surface area (Å²) in [6, 6.07) is -1.07.